The van der Waals surface area contributed by atoms with Gasteiger partial charge in [0.1, 0.15) is 12.2 Å². The van der Waals surface area contributed by atoms with Crippen molar-refractivity contribution in [3.8, 4) is 0 Å². The summed E-state index contributed by atoms with van der Waals surface area (Å²) in [6.07, 6.45) is 4.49. The lowest BCUT2D eigenvalue weighted by molar-refractivity contribution is -0.121. The number of sulfone groups is 1. The quantitative estimate of drug-likeness (QED) is 0.506. The normalized spacial score (nSPS) is 14.5. The van der Waals surface area contributed by atoms with Gasteiger partial charge in [-0.25, -0.2) is 8.42 Å². The van der Waals surface area contributed by atoms with E-state index in [0.29, 0.717) is 5.69 Å². The first kappa shape index (κ1) is 21.1. The number of carbonyl (C=O) groups is 1. The largest absolute Gasteiger partial charge is 0.393 e. The average Bonchev–Trinajstić information content (AvgIpc) is 3.17. The number of hydrogen-bond acceptors (Lipinski definition) is 6. The van der Waals surface area contributed by atoms with E-state index < -0.39 is 15.4 Å². The molecule has 1 aromatic carbocycles. The highest BCUT2D eigenvalue weighted by Gasteiger charge is 2.29. The van der Waals surface area contributed by atoms with Gasteiger partial charge in [0.25, 0.3) is 5.56 Å². The molecule has 4 N–H and O–H groups in total. The van der Waals surface area contributed by atoms with Gasteiger partial charge < -0.3 is 15.6 Å². The number of anilines is 1. The molecule has 0 unspecified atom stereocenters. The van der Waals surface area contributed by atoms with E-state index in [1.165, 1.54) is 10.6 Å². The Morgan fingerprint density at radius 2 is 2.10 bits per heavy atom. The molecular formula is C21H25N5O4S. The molecule has 2 aromatic heterocycles. The molecule has 4 rings (SSSR count). The Morgan fingerprint density at radius 3 is 2.81 bits per heavy atom. The Kier molecular flexibility index (Phi) is 5.57. The van der Waals surface area contributed by atoms with Crippen LogP contribution in [0.4, 0.5) is 5.69 Å². The van der Waals surface area contributed by atoms with Crippen molar-refractivity contribution in [1.82, 2.24) is 20.1 Å². The number of aromatic amines is 1. The first-order chi connectivity index (χ1) is 14.7. The van der Waals surface area contributed by atoms with Crippen LogP contribution < -0.4 is 16.6 Å². The molecule has 1 amide bonds. The topological polar surface area (TPSA) is 140 Å². The predicted octanol–water partition coefficient (Wildman–Crippen LogP) is 1.51. The van der Waals surface area contributed by atoms with Gasteiger partial charge in [-0.15, -0.1) is 0 Å². The first-order valence-electron chi connectivity index (χ1n) is 10.2. The lowest BCUT2D eigenvalue weighted by Crippen LogP contribution is -2.35. The number of nitrogens with two attached hydrogens (primary N) is 1. The fourth-order valence-electron chi connectivity index (χ4n) is 3.77. The number of benzene rings is 1. The van der Waals surface area contributed by atoms with E-state index in [9.17, 15) is 18.0 Å². The van der Waals surface area contributed by atoms with Crippen LogP contribution in [0.25, 0.3) is 10.9 Å². The maximum atomic E-state index is 12.7. The molecule has 1 fully saturated rings. The molecule has 1 aliphatic carbocycles. The number of H-pyrrole nitrogens is 1. The third kappa shape index (κ3) is 4.34. The van der Waals surface area contributed by atoms with Gasteiger partial charge in [-0.3, -0.25) is 14.7 Å². The minimum Gasteiger partial charge on any atom is -0.393 e. The molecule has 1 aliphatic rings. The Balaban J connectivity index is 1.48. The zero-order valence-corrected chi connectivity index (χ0v) is 18.0. The van der Waals surface area contributed by atoms with Crippen molar-refractivity contribution in [2.75, 3.05) is 11.5 Å². The summed E-state index contributed by atoms with van der Waals surface area (Å²) in [4.78, 5) is 25.0. The van der Waals surface area contributed by atoms with E-state index in [-0.39, 0.29) is 41.3 Å². The van der Waals surface area contributed by atoms with Crippen molar-refractivity contribution in [1.29, 1.82) is 0 Å². The van der Waals surface area contributed by atoms with Crippen LogP contribution in [0, 0.1) is 12.8 Å². The maximum absolute atomic E-state index is 12.7. The second-order valence-corrected chi connectivity index (χ2v) is 10.1. The lowest BCUT2D eigenvalue weighted by Gasteiger charge is -2.25. The molecule has 9 nitrogen and oxygen atoms in total. The van der Waals surface area contributed by atoms with E-state index in [2.05, 4.69) is 15.5 Å². The summed E-state index contributed by atoms with van der Waals surface area (Å²) in [7, 11) is -3.65. The monoisotopic (exact) mass is 443 g/mol. The molecule has 0 aliphatic heterocycles. The molecule has 2 heterocycles. The van der Waals surface area contributed by atoms with Crippen LogP contribution in [-0.4, -0.2) is 34.8 Å². The molecule has 0 spiro atoms. The second-order valence-electron chi connectivity index (χ2n) is 8.10. The number of amides is 1. The van der Waals surface area contributed by atoms with Gasteiger partial charge in [-0.05, 0) is 49.4 Å². The number of hydrogen-bond donors (Lipinski definition) is 3. The smallest absolute Gasteiger partial charge is 0.275 e. The van der Waals surface area contributed by atoms with Gasteiger partial charge in [0.2, 0.25) is 5.91 Å². The van der Waals surface area contributed by atoms with E-state index >= 15 is 0 Å². The van der Waals surface area contributed by atoms with Crippen LogP contribution in [0.2, 0.25) is 0 Å². The summed E-state index contributed by atoms with van der Waals surface area (Å²) >= 11 is 0. The van der Waals surface area contributed by atoms with Crippen molar-refractivity contribution in [3.05, 3.63) is 52.1 Å². The number of aryl methyl sites for hydroxylation is 1. The van der Waals surface area contributed by atoms with E-state index in [4.69, 9.17) is 5.73 Å². The first-order valence-corrected chi connectivity index (χ1v) is 11.8. The summed E-state index contributed by atoms with van der Waals surface area (Å²) in [5.41, 5.74) is 7.08. The minimum absolute atomic E-state index is 0.00157. The highest BCUT2D eigenvalue weighted by atomic mass is 32.2. The summed E-state index contributed by atoms with van der Waals surface area (Å²) < 4.78 is 26.6. The number of nitrogens with zero attached hydrogens (tertiary/aromatic N) is 2. The molecule has 3 aromatic rings. The highest BCUT2D eigenvalue weighted by Crippen LogP contribution is 2.30. The number of carbonyl (C=O) groups excluding carboxylic acids is 1. The molecular weight excluding hydrogens is 418 g/mol. The molecule has 0 atom stereocenters. The third-order valence-corrected chi connectivity index (χ3v) is 7.74. The summed E-state index contributed by atoms with van der Waals surface area (Å²) in [5, 5.41) is 10.5. The molecule has 1 saturated carbocycles. The lowest BCUT2D eigenvalue weighted by atomic mass is 9.87. The van der Waals surface area contributed by atoms with Crippen molar-refractivity contribution in [2.45, 2.75) is 44.2 Å². The molecule has 0 bridgehead atoms. The maximum Gasteiger partial charge on any atom is 0.275 e. The van der Waals surface area contributed by atoms with Crippen LogP contribution in [-0.2, 0) is 27.7 Å². The molecule has 164 valence electrons. The van der Waals surface area contributed by atoms with Crippen LogP contribution in [0.3, 0.4) is 0 Å². The number of rotatable bonds is 7. The summed E-state index contributed by atoms with van der Waals surface area (Å²) in [6, 6.07) is 7.06. The number of pyridine rings is 1. The van der Waals surface area contributed by atoms with Gasteiger partial charge in [-0.2, -0.15) is 5.10 Å². The molecule has 31 heavy (non-hydrogen) atoms. The third-order valence-electron chi connectivity index (χ3n) is 5.82. The van der Waals surface area contributed by atoms with Crippen molar-refractivity contribution >= 4 is 32.3 Å². The molecule has 10 heteroatoms. The Morgan fingerprint density at radius 1 is 1.32 bits per heavy atom. The Labute approximate surface area is 179 Å². The molecule has 0 saturated heterocycles. The summed E-state index contributed by atoms with van der Waals surface area (Å²) in [5.74, 6) is -0.247. The van der Waals surface area contributed by atoms with Crippen LogP contribution >= 0.6 is 0 Å². The zero-order valence-electron chi connectivity index (χ0n) is 17.2. The van der Waals surface area contributed by atoms with Gasteiger partial charge >= 0.3 is 0 Å². The fraction of sp³-hybridized carbons (Fsp3) is 0.381. The van der Waals surface area contributed by atoms with Gasteiger partial charge in [-0.1, -0.05) is 12.5 Å². The van der Waals surface area contributed by atoms with Crippen LogP contribution in [0.5, 0.6) is 0 Å². The minimum atomic E-state index is -3.65. The van der Waals surface area contributed by atoms with Crippen LogP contribution in [0.1, 0.15) is 30.5 Å². The van der Waals surface area contributed by atoms with E-state index in [0.717, 1.165) is 35.7 Å². The molecule has 0 radical (unpaired) electrons. The van der Waals surface area contributed by atoms with E-state index in [1.54, 1.807) is 13.1 Å². The Hall–Kier alpha value is -3.14. The van der Waals surface area contributed by atoms with Gasteiger partial charge in [0.15, 0.2) is 9.84 Å². The van der Waals surface area contributed by atoms with Crippen molar-refractivity contribution in [3.63, 3.8) is 0 Å². The Bertz CT molecular complexity index is 1310. The average molecular weight is 444 g/mol. The summed E-state index contributed by atoms with van der Waals surface area (Å²) in [6.45, 7) is 1.65. The van der Waals surface area contributed by atoms with Crippen molar-refractivity contribution in [2.24, 2.45) is 5.92 Å². The number of nitrogen functional groups attached to an aromatic ring is 1. The zero-order chi connectivity index (χ0) is 22.2. The van der Waals surface area contributed by atoms with Crippen molar-refractivity contribution < 1.29 is 13.2 Å². The van der Waals surface area contributed by atoms with Gasteiger partial charge in [0, 0.05) is 17.6 Å². The van der Waals surface area contributed by atoms with E-state index in [1.807, 2.05) is 18.2 Å². The van der Waals surface area contributed by atoms with Gasteiger partial charge in [0.05, 0.1) is 22.4 Å². The second kappa shape index (κ2) is 8.18. The predicted molar refractivity (Wildman–Crippen MR) is 117 cm³/mol. The highest BCUT2D eigenvalue weighted by molar-refractivity contribution is 7.91. The SMILES string of the molecule is Cc1cc(S(=O)(=O)CC2CCC2)c(N)c(=O)n1CC(=O)NCc1ccc2[nH]ncc2c1. The van der Waals surface area contributed by atoms with Crippen LogP contribution in [0.15, 0.2) is 40.2 Å². The number of aromatic nitrogens is 3. The number of fused-ring (bicyclic) bond motifs is 1. The standard InChI is InChI=1S/C21H25N5O4S/c1-13-7-18(31(29,30)12-14-3-2-4-14)20(22)21(28)26(13)11-19(27)23-9-15-5-6-17-16(8-15)10-24-25-17/h5-8,10,14H,2-4,9,11-12,22H2,1H3,(H,23,27)(H,24,25). The fourth-order valence-corrected chi connectivity index (χ4v) is 5.68. The number of nitrogens with one attached hydrogen (secondary N) is 2.